The van der Waals surface area contributed by atoms with Gasteiger partial charge in [0.1, 0.15) is 0 Å². The molecule has 0 amide bonds. The molecule has 19 heavy (non-hydrogen) atoms. The number of nitrogens with one attached hydrogen (secondary N) is 1. The fourth-order valence-corrected chi connectivity index (χ4v) is 2.54. The Balaban J connectivity index is 1.78. The van der Waals surface area contributed by atoms with Crippen molar-refractivity contribution in [3.63, 3.8) is 0 Å². The number of hydrogen-bond acceptors (Lipinski definition) is 5. The Labute approximate surface area is 115 Å². The molecule has 1 N–H and O–H groups in total. The van der Waals surface area contributed by atoms with Gasteiger partial charge in [0, 0.05) is 44.8 Å². The quantitative estimate of drug-likeness (QED) is 0.841. The number of piperazine rings is 1. The molecule has 0 radical (unpaired) electrons. The minimum absolute atomic E-state index is 0.703. The summed E-state index contributed by atoms with van der Waals surface area (Å²) in [5, 5.41) is 7.14. The summed E-state index contributed by atoms with van der Waals surface area (Å²) in [5.74, 6) is 0.974. The molecule has 2 rings (SSSR count). The summed E-state index contributed by atoms with van der Waals surface area (Å²) in [6.45, 7) is 10.8. The van der Waals surface area contributed by atoms with Crippen molar-refractivity contribution in [2.24, 2.45) is 0 Å². The maximum atomic E-state index is 5.37. The topological polar surface area (TPSA) is 44.5 Å². The van der Waals surface area contributed by atoms with E-state index in [1.54, 1.807) is 0 Å². The summed E-state index contributed by atoms with van der Waals surface area (Å²) >= 11 is 0. The Bertz CT molecular complexity index is 371. The predicted octanol–water partition coefficient (Wildman–Crippen LogP) is 1.31. The smallest absolute Gasteiger partial charge is 0.151 e. The number of aromatic nitrogens is 1. The second kappa shape index (κ2) is 7.03. The first-order chi connectivity index (χ1) is 9.22. The molecule has 0 saturated carbocycles. The zero-order chi connectivity index (χ0) is 13.7. The summed E-state index contributed by atoms with van der Waals surface area (Å²) in [6, 6.07) is 2.76. The van der Waals surface area contributed by atoms with Crippen LogP contribution in [0.15, 0.2) is 10.6 Å². The van der Waals surface area contributed by atoms with Crippen LogP contribution in [-0.4, -0.2) is 54.2 Å². The van der Waals surface area contributed by atoms with Crippen molar-refractivity contribution < 1.29 is 4.52 Å². The summed E-state index contributed by atoms with van der Waals surface area (Å²) in [7, 11) is 1.92. The van der Waals surface area contributed by atoms with Crippen molar-refractivity contribution in [1.82, 2.24) is 20.3 Å². The molecule has 1 fully saturated rings. The normalized spacial score (nSPS) is 19.7. The molecule has 0 spiro atoms. The Morgan fingerprint density at radius 3 is 2.74 bits per heavy atom. The molecule has 108 valence electrons. The van der Waals surface area contributed by atoms with Crippen molar-refractivity contribution in [2.45, 2.75) is 39.4 Å². The second-order valence-corrected chi connectivity index (χ2v) is 5.38. The summed E-state index contributed by atoms with van der Waals surface area (Å²) in [6.07, 6.45) is 1.23. The van der Waals surface area contributed by atoms with E-state index in [0.717, 1.165) is 50.7 Å². The summed E-state index contributed by atoms with van der Waals surface area (Å²) < 4.78 is 5.37. The van der Waals surface area contributed by atoms with Crippen LogP contribution < -0.4 is 5.32 Å². The van der Waals surface area contributed by atoms with Crippen LogP contribution >= 0.6 is 0 Å². The first-order valence-electron chi connectivity index (χ1n) is 7.28. The van der Waals surface area contributed by atoms with E-state index in [0.29, 0.717) is 6.04 Å². The average Bonchev–Trinajstić information content (AvgIpc) is 2.86. The monoisotopic (exact) mass is 266 g/mol. The number of rotatable bonds is 6. The van der Waals surface area contributed by atoms with Crippen molar-refractivity contribution in [1.29, 1.82) is 0 Å². The van der Waals surface area contributed by atoms with Crippen molar-refractivity contribution in [3.8, 4) is 0 Å². The van der Waals surface area contributed by atoms with Gasteiger partial charge in [-0.05, 0) is 20.4 Å². The average molecular weight is 266 g/mol. The van der Waals surface area contributed by atoms with Crippen molar-refractivity contribution in [2.75, 3.05) is 33.2 Å². The fraction of sp³-hybridized carbons (Fsp3) is 0.786. The van der Waals surface area contributed by atoms with E-state index in [1.165, 1.54) is 6.42 Å². The highest BCUT2D eigenvalue weighted by molar-refractivity contribution is 5.05. The van der Waals surface area contributed by atoms with Gasteiger partial charge in [-0.2, -0.15) is 0 Å². The molecule has 5 heteroatoms. The van der Waals surface area contributed by atoms with Gasteiger partial charge in [-0.1, -0.05) is 12.1 Å². The molecule has 0 aromatic carbocycles. The van der Waals surface area contributed by atoms with Gasteiger partial charge in [-0.15, -0.1) is 0 Å². The van der Waals surface area contributed by atoms with Gasteiger partial charge >= 0.3 is 0 Å². The molecule has 1 saturated heterocycles. The van der Waals surface area contributed by atoms with Gasteiger partial charge < -0.3 is 9.84 Å². The van der Waals surface area contributed by atoms with Crippen LogP contribution in [0.4, 0.5) is 0 Å². The molecular formula is C14H26N4O. The van der Waals surface area contributed by atoms with E-state index in [2.05, 4.69) is 40.2 Å². The highest BCUT2D eigenvalue weighted by atomic mass is 16.5. The Hall–Kier alpha value is -0.910. The molecule has 1 aliphatic heterocycles. The molecule has 1 atom stereocenters. The van der Waals surface area contributed by atoms with E-state index < -0.39 is 0 Å². The minimum atomic E-state index is 0.703. The van der Waals surface area contributed by atoms with Crippen LogP contribution in [-0.2, 0) is 13.1 Å². The first kappa shape index (κ1) is 14.5. The maximum absolute atomic E-state index is 5.37. The third-order valence-corrected chi connectivity index (χ3v) is 3.97. The molecule has 1 aromatic rings. The molecule has 1 aromatic heterocycles. The molecule has 1 aliphatic rings. The second-order valence-electron chi connectivity index (χ2n) is 5.38. The lowest BCUT2D eigenvalue weighted by Gasteiger charge is -2.37. The van der Waals surface area contributed by atoms with Gasteiger partial charge in [-0.3, -0.25) is 9.80 Å². The summed E-state index contributed by atoms with van der Waals surface area (Å²) in [5.41, 5.74) is 0.982. The minimum Gasteiger partial charge on any atom is -0.360 e. The molecule has 0 bridgehead atoms. The zero-order valence-electron chi connectivity index (χ0n) is 12.4. The predicted molar refractivity (Wildman–Crippen MR) is 75.9 cm³/mol. The van der Waals surface area contributed by atoms with Crippen LogP contribution in [0.2, 0.25) is 0 Å². The van der Waals surface area contributed by atoms with Gasteiger partial charge in [0.15, 0.2) is 5.76 Å². The van der Waals surface area contributed by atoms with E-state index in [1.807, 2.05) is 7.05 Å². The highest BCUT2D eigenvalue weighted by Crippen LogP contribution is 2.12. The highest BCUT2D eigenvalue weighted by Gasteiger charge is 2.20. The third kappa shape index (κ3) is 4.03. The van der Waals surface area contributed by atoms with Crippen LogP contribution in [0.3, 0.4) is 0 Å². The zero-order valence-corrected chi connectivity index (χ0v) is 12.4. The Morgan fingerprint density at radius 2 is 2.11 bits per heavy atom. The molecular weight excluding hydrogens is 240 g/mol. The Morgan fingerprint density at radius 1 is 1.37 bits per heavy atom. The van der Waals surface area contributed by atoms with E-state index in [-0.39, 0.29) is 0 Å². The van der Waals surface area contributed by atoms with Crippen LogP contribution in [0.1, 0.15) is 31.7 Å². The number of nitrogens with zero attached hydrogens (tertiary/aromatic N) is 3. The van der Waals surface area contributed by atoms with Gasteiger partial charge in [-0.25, -0.2) is 0 Å². The molecule has 0 aliphatic carbocycles. The first-order valence-corrected chi connectivity index (χ1v) is 7.28. The van der Waals surface area contributed by atoms with Gasteiger partial charge in [0.2, 0.25) is 0 Å². The van der Waals surface area contributed by atoms with E-state index in [4.69, 9.17) is 4.52 Å². The lowest BCUT2D eigenvalue weighted by atomic mass is 10.2. The molecule has 5 nitrogen and oxygen atoms in total. The van der Waals surface area contributed by atoms with Gasteiger partial charge in [0.05, 0.1) is 12.2 Å². The van der Waals surface area contributed by atoms with Crippen molar-refractivity contribution in [3.05, 3.63) is 17.5 Å². The van der Waals surface area contributed by atoms with Crippen LogP contribution in [0.5, 0.6) is 0 Å². The van der Waals surface area contributed by atoms with E-state index >= 15 is 0 Å². The molecule has 1 unspecified atom stereocenters. The SMILES string of the molecule is CCC(C)N1CCN(Cc2cc(CNC)no2)CC1. The fourth-order valence-electron chi connectivity index (χ4n) is 2.54. The van der Waals surface area contributed by atoms with E-state index in [9.17, 15) is 0 Å². The van der Waals surface area contributed by atoms with Crippen LogP contribution in [0.25, 0.3) is 0 Å². The Kier molecular flexibility index (Phi) is 5.36. The number of hydrogen-bond donors (Lipinski definition) is 1. The summed E-state index contributed by atoms with van der Waals surface area (Å²) in [4.78, 5) is 5.02. The van der Waals surface area contributed by atoms with Crippen LogP contribution in [0, 0.1) is 0 Å². The van der Waals surface area contributed by atoms with Gasteiger partial charge in [0.25, 0.3) is 0 Å². The molecule has 2 heterocycles. The van der Waals surface area contributed by atoms with Crippen molar-refractivity contribution >= 4 is 0 Å². The standard InChI is InChI=1S/C14H26N4O/c1-4-12(2)18-7-5-17(6-8-18)11-14-9-13(10-15-3)16-19-14/h9,12,15H,4-8,10-11H2,1-3H3. The lowest BCUT2D eigenvalue weighted by molar-refractivity contribution is 0.0904. The maximum Gasteiger partial charge on any atom is 0.151 e. The lowest BCUT2D eigenvalue weighted by Crippen LogP contribution is -2.48. The largest absolute Gasteiger partial charge is 0.360 e. The third-order valence-electron chi connectivity index (χ3n) is 3.97.